The highest BCUT2D eigenvalue weighted by Crippen LogP contribution is 2.37. The summed E-state index contributed by atoms with van der Waals surface area (Å²) in [4.78, 5) is 13.4. The fourth-order valence-corrected chi connectivity index (χ4v) is 13.3. The van der Waals surface area contributed by atoms with Crippen LogP contribution in [0.3, 0.4) is 0 Å². The molecule has 6 aliphatic rings. The summed E-state index contributed by atoms with van der Waals surface area (Å²) in [6.07, 6.45) is -27.5. The molecule has 0 saturated carbocycles. The summed E-state index contributed by atoms with van der Waals surface area (Å²) < 4.78 is 75.6. The Morgan fingerprint density at radius 2 is 0.789 bits per heavy atom. The Labute approximate surface area is 636 Å². The van der Waals surface area contributed by atoms with Crippen LogP contribution in [0.5, 0.6) is 0 Å². The average molecular weight is 1570 g/mol. The molecule has 0 amide bonds. The van der Waals surface area contributed by atoms with Gasteiger partial charge < -0.3 is 159 Å². The minimum atomic E-state index is -1.93. The van der Waals surface area contributed by atoms with Crippen LogP contribution in [0.2, 0.25) is 0 Å². The Morgan fingerprint density at radius 3 is 1.28 bits per heavy atom. The fourth-order valence-electron chi connectivity index (χ4n) is 13.3. The van der Waals surface area contributed by atoms with Gasteiger partial charge in [0.1, 0.15) is 128 Å². The molecule has 109 heavy (non-hydrogen) atoms. The van der Waals surface area contributed by atoms with Gasteiger partial charge in [-0.15, -0.1) is 13.2 Å². The molecule has 0 aliphatic carbocycles. The normalized spacial score (nSPS) is 39.8. The number of rotatable bonds is 39. The topological polar surface area (TPSA) is 521 Å². The van der Waals surface area contributed by atoms with E-state index in [2.05, 4.69) is 19.2 Å². The minimum Gasteiger partial charge on any atom is -0.453 e. The van der Waals surface area contributed by atoms with Gasteiger partial charge in [0, 0.05) is 5.57 Å². The maximum Gasteiger partial charge on any atom is 0.333 e. The molecule has 0 aromatic carbocycles. The molecular formula is C76H124O33. The predicted molar refractivity (Wildman–Crippen MR) is 385 cm³/mol. The number of allylic oxidation sites excluding steroid dienone is 8. The van der Waals surface area contributed by atoms with Crippen molar-refractivity contribution in [1.82, 2.24) is 0 Å². The van der Waals surface area contributed by atoms with E-state index in [0.29, 0.717) is 51.4 Å². The third-order valence-corrected chi connectivity index (χ3v) is 20.8. The second-order valence-electron chi connectivity index (χ2n) is 30.0. The Morgan fingerprint density at radius 1 is 0.413 bits per heavy atom. The lowest BCUT2D eigenvalue weighted by Gasteiger charge is -2.47. The maximum absolute atomic E-state index is 13.4. The number of esters is 1. The smallest absolute Gasteiger partial charge is 0.333 e. The fraction of sp³-hybridized carbons (Fsp3) is 0.776. The van der Waals surface area contributed by atoms with Crippen LogP contribution in [0.4, 0.5) is 0 Å². The first kappa shape index (κ1) is 94.0. The average Bonchev–Trinajstić information content (AvgIpc) is 0.794. The molecular weight excluding hydrogens is 1440 g/mol. The van der Waals surface area contributed by atoms with Gasteiger partial charge in [-0.2, -0.15) is 0 Å². The third-order valence-electron chi connectivity index (χ3n) is 20.8. The van der Waals surface area contributed by atoms with E-state index in [0.717, 1.165) is 40.7 Å². The van der Waals surface area contributed by atoms with Crippen LogP contribution >= 0.6 is 0 Å². The summed E-state index contributed by atoms with van der Waals surface area (Å²) >= 11 is 0. The molecule has 6 saturated heterocycles. The van der Waals surface area contributed by atoms with Gasteiger partial charge in [-0.25, -0.2) is 4.79 Å². The van der Waals surface area contributed by atoms with Crippen molar-refractivity contribution in [2.75, 3.05) is 33.0 Å². The number of carbonyl (C=O) groups excluding carboxylic acids is 1. The molecule has 1 unspecified atom stereocenters. The first-order chi connectivity index (χ1) is 51.3. The molecule has 33 nitrogen and oxygen atoms in total. The summed E-state index contributed by atoms with van der Waals surface area (Å²) in [5.41, 5.74) is 2.72. The van der Waals surface area contributed by atoms with Crippen LogP contribution in [0.15, 0.2) is 95.2 Å². The van der Waals surface area contributed by atoms with Crippen LogP contribution < -0.4 is 0 Å². The lowest BCUT2D eigenvalue weighted by atomic mass is 9.95. The van der Waals surface area contributed by atoms with E-state index in [1.807, 2.05) is 58.9 Å². The Hall–Kier alpha value is -3.85. The van der Waals surface area contributed by atoms with Gasteiger partial charge in [0.25, 0.3) is 0 Å². The van der Waals surface area contributed by atoms with Crippen molar-refractivity contribution in [1.29, 1.82) is 0 Å². The van der Waals surface area contributed by atoms with Crippen molar-refractivity contribution in [3.05, 3.63) is 95.2 Å². The van der Waals surface area contributed by atoms with Gasteiger partial charge in [0.2, 0.25) is 0 Å². The zero-order valence-corrected chi connectivity index (χ0v) is 64.0. The summed E-state index contributed by atoms with van der Waals surface area (Å²) in [6, 6.07) is 0. The summed E-state index contributed by atoms with van der Waals surface area (Å²) in [6.45, 7) is 22.5. The first-order valence-electron chi connectivity index (χ1n) is 37.3. The van der Waals surface area contributed by atoms with Gasteiger partial charge in [-0.3, -0.25) is 0 Å². The largest absolute Gasteiger partial charge is 0.453 e. The molecule has 0 radical (unpaired) electrons. The zero-order chi connectivity index (χ0) is 81.1. The number of carbonyl (C=O) groups is 1. The minimum absolute atomic E-state index is 0.00202. The molecule has 0 bridgehead atoms. The molecule has 626 valence electrons. The summed E-state index contributed by atoms with van der Waals surface area (Å²) in [7, 11) is 0. The van der Waals surface area contributed by atoms with Crippen LogP contribution in [-0.2, 0) is 66.4 Å². The lowest BCUT2D eigenvalue weighted by molar-refractivity contribution is -0.375. The van der Waals surface area contributed by atoms with Crippen molar-refractivity contribution >= 4 is 5.97 Å². The van der Waals surface area contributed by atoms with E-state index in [4.69, 9.17) is 61.6 Å². The maximum atomic E-state index is 13.4. The van der Waals surface area contributed by atoms with Gasteiger partial charge in [-0.1, -0.05) is 70.4 Å². The van der Waals surface area contributed by atoms with Crippen LogP contribution in [0.1, 0.15) is 140 Å². The van der Waals surface area contributed by atoms with Gasteiger partial charge in [0.05, 0.1) is 62.5 Å². The van der Waals surface area contributed by atoms with Crippen LogP contribution in [0.25, 0.3) is 0 Å². The van der Waals surface area contributed by atoms with Gasteiger partial charge in [-0.05, 0) is 146 Å². The number of aliphatic hydroxyl groups is 19. The Balaban J connectivity index is 0.924. The molecule has 33 heteroatoms. The number of hydrogen-bond acceptors (Lipinski definition) is 33. The van der Waals surface area contributed by atoms with Gasteiger partial charge >= 0.3 is 5.97 Å². The number of ether oxygens (including phenoxy) is 13. The van der Waals surface area contributed by atoms with Crippen LogP contribution in [0, 0.1) is 0 Å². The number of aliphatic hydroxyl groups excluding tert-OH is 19. The monoisotopic (exact) mass is 1560 g/mol. The molecule has 6 heterocycles. The van der Waals surface area contributed by atoms with Crippen LogP contribution in [-0.4, -0.2) is 338 Å². The van der Waals surface area contributed by atoms with E-state index in [1.165, 1.54) is 32.9 Å². The molecule has 0 aromatic heterocycles. The standard InChI is InChI=1S/C76H124O33/c1-13-75(11,108-73-62(93)57(88)53(84)47(33-78)102-73)28-18-26-39(5)22-16-24-40(6)30-45(80)31-42(8)68(96)105-65-50(81)43(9)100-70(63(65)94)98-36-49-55(86)58(89)61(92)72(104-49)106-66-51(82)44(10)99-69(64(66)95)97-35-41(7)25-17-23-37(3)20-15-21-38(4)27-19-29-76(12,14-2)109-74-67(59(90)54(85)48(34-79)103-74)107-71-60(91)56(87)52(83)46(32-77)101-71/h13-14,20,24-27,31,43-67,69-74,77-95H,1-2,15-19,21-23,28-30,32-36H2,3-12H3/b37-20+,38-27+,39-26+,40-24+,41-25-,42-31+/t43-,44-,45?,46+,47+,48+,49+,50-,51-,52+,53+,54+,55+,56-,57-,58-,59-,60+,61+,62+,63+,64+,65+,66+,67+,69+,70+,71-,72-,73-,74-,75+,76+/m0/s1. The third kappa shape index (κ3) is 26.1. The second-order valence-corrected chi connectivity index (χ2v) is 30.0. The summed E-state index contributed by atoms with van der Waals surface area (Å²) in [5.74, 6) is -0.979. The highest BCUT2D eigenvalue weighted by Gasteiger charge is 2.55. The molecule has 6 fully saturated rings. The molecule has 0 aromatic rings. The molecule has 6 rings (SSSR count). The zero-order valence-electron chi connectivity index (χ0n) is 64.0. The van der Waals surface area contributed by atoms with Crippen molar-refractivity contribution in [3.63, 3.8) is 0 Å². The quantitative estimate of drug-likeness (QED) is 0.0194. The molecule has 19 N–H and O–H groups in total. The van der Waals surface area contributed by atoms with Gasteiger partial charge in [0.15, 0.2) is 43.8 Å². The molecule has 33 atom stereocenters. The predicted octanol–water partition coefficient (Wildman–Crippen LogP) is -1.27. The second kappa shape index (κ2) is 43.8. The van der Waals surface area contributed by atoms with Crippen molar-refractivity contribution in [3.8, 4) is 0 Å². The molecule has 6 aliphatic heterocycles. The lowest BCUT2D eigenvalue weighted by Crippen LogP contribution is -2.65. The number of hydrogen-bond donors (Lipinski definition) is 19. The highest BCUT2D eigenvalue weighted by molar-refractivity contribution is 5.88. The Kier molecular flexibility index (Phi) is 37.7. The van der Waals surface area contributed by atoms with E-state index in [9.17, 15) is 102 Å². The van der Waals surface area contributed by atoms with Crippen molar-refractivity contribution in [2.24, 2.45) is 0 Å². The van der Waals surface area contributed by atoms with E-state index in [1.54, 1.807) is 19.9 Å². The highest BCUT2D eigenvalue weighted by atomic mass is 16.8. The van der Waals surface area contributed by atoms with Crippen molar-refractivity contribution < 1.29 is 163 Å². The van der Waals surface area contributed by atoms with E-state index in [-0.39, 0.29) is 18.6 Å². The molecule has 0 spiro atoms. The van der Waals surface area contributed by atoms with Crippen molar-refractivity contribution in [2.45, 2.75) is 341 Å². The SMILES string of the molecule is C=C[C@](C)(CC/C=C(\C)CC/C=C(\C)CC(O)/C=C(\C)C(=O)O[C@@H]1[C@@H](O)[C@H](C)O[C@@H](OC[C@H]2O[C@@H](O[C@@H]3[C@@H](O)[C@H](C)O[C@@H](OC/C(C)=C\CC/C(C)=C/CC/C(C)=C/CC[C@@](C)(C=C)O[C@@H]4O[C@H](CO)[C@@H](O)[C@H](O)[C@H]4O[C@@H]4O[C@H](CO)[C@@H](O)[C@H](O)[C@H]4O)[C@@H]3O)[C@H](O)[C@@H](O)[C@@H]2O)[C@@H]1O)O[C@@H]1O[C@H](CO)[C@@H](O)[C@H](O)[C@H]1O. The first-order valence-corrected chi connectivity index (χ1v) is 37.3. The summed E-state index contributed by atoms with van der Waals surface area (Å²) in [5, 5.41) is 202. The van der Waals surface area contributed by atoms with E-state index < -0.39 is 234 Å². The van der Waals surface area contributed by atoms with E-state index >= 15 is 0 Å². The Bertz CT molecular complexity index is 3000.